The molecule has 6 nitrogen and oxygen atoms in total. The summed E-state index contributed by atoms with van der Waals surface area (Å²) < 4.78 is 41.3. The third kappa shape index (κ3) is 4.71. The maximum atomic E-state index is 13.8. The van der Waals surface area contributed by atoms with Crippen LogP contribution in [0.3, 0.4) is 0 Å². The number of carbonyl (C=O) groups excluding carboxylic acids is 1. The maximum Gasteiger partial charge on any atom is 0.282 e. The molecule has 1 aliphatic heterocycles. The lowest BCUT2D eigenvalue weighted by Gasteiger charge is -2.18. The zero-order valence-electron chi connectivity index (χ0n) is 15.1. The van der Waals surface area contributed by atoms with Gasteiger partial charge in [0.15, 0.2) is 0 Å². The molecule has 1 fully saturated rings. The summed E-state index contributed by atoms with van der Waals surface area (Å²) >= 11 is 0. The number of amides is 1. The third-order valence-corrected chi connectivity index (χ3v) is 6.41. The van der Waals surface area contributed by atoms with E-state index in [1.807, 2.05) is 31.2 Å². The fourth-order valence-electron chi connectivity index (χ4n) is 2.88. The van der Waals surface area contributed by atoms with Gasteiger partial charge in [-0.1, -0.05) is 48.0 Å². The second-order valence-corrected chi connectivity index (χ2v) is 8.46. The highest BCUT2D eigenvalue weighted by molar-refractivity contribution is 7.87. The lowest BCUT2D eigenvalue weighted by molar-refractivity contribution is -0.121. The summed E-state index contributed by atoms with van der Waals surface area (Å²) in [6.07, 6.45) is 0. The average molecular weight is 391 g/mol. The fraction of sp³-hybridized carbons (Fsp3) is 0.316. The molecular weight excluding hydrogens is 369 g/mol. The van der Waals surface area contributed by atoms with Crippen LogP contribution in [0.5, 0.6) is 0 Å². The molecule has 1 aliphatic rings. The van der Waals surface area contributed by atoms with E-state index in [4.69, 9.17) is 0 Å². The standard InChI is InChI=1S/C19H22FN3O3S/c1-15-6-8-16(9-7-15)12-21-19(24)14-23-11-10-22(27(23,25)26)13-17-4-2-3-5-18(17)20/h2-9H,10-14H2,1H3,(H,21,24). The van der Waals surface area contributed by atoms with Crippen molar-refractivity contribution in [3.63, 3.8) is 0 Å². The van der Waals surface area contributed by atoms with Crippen LogP contribution < -0.4 is 5.32 Å². The van der Waals surface area contributed by atoms with Gasteiger partial charge in [0.2, 0.25) is 5.91 Å². The van der Waals surface area contributed by atoms with E-state index in [1.165, 1.54) is 10.4 Å². The molecule has 8 heteroatoms. The summed E-state index contributed by atoms with van der Waals surface area (Å²) in [6, 6.07) is 13.8. The van der Waals surface area contributed by atoms with Gasteiger partial charge in [-0.3, -0.25) is 4.79 Å². The van der Waals surface area contributed by atoms with Crippen LogP contribution in [0.15, 0.2) is 48.5 Å². The minimum Gasteiger partial charge on any atom is -0.351 e. The molecule has 3 rings (SSSR count). The lowest BCUT2D eigenvalue weighted by Crippen LogP contribution is -2.40. The molecule has 1 heterocycles. The largest absolute Gasteiger partial charge is 0.351 e. The molecule has 0 radical (unpaired) electrons. The van der Waals surface area contributed by atoms with Gasteiger partial charge in [0.25, 0.3) is 10.2 Å². The monoisotopic (exact) mass is 391 g/mol. The first kappa shape index (κ1) is 19.5. The Labute approximate surface area is 158 Å². The Kier molecular flexibility index (Phi) is 5.88. The van der Waals surface area contributed by atoms with E-state index in [9.17, 15) is 17.6 Å². The first-order valence-corrected chi connectivity index (χ1v) is 10.1. The highest BCUT2D eigenvalue weighted by Gasteiger charge is 2.37. The van der Waals surface area contributed by atoms with Gasteiger partial charge in [0, 0.05) is 31.7 Å². The van der Waals surface area contributed by atoms with Gasteiger partial charge in [-0.2, -0.15) is 17.0 Å². The van der Waals surface area contributed by atoms with Crippen LogP contribution in [-0.2, 0) is 28.1 Å². The molecule has 1 N–H and O–H groups in total. The fourth-order valence-corrected chi connectivity index (χ4v) is 4.41. The molecule has 0 spiro atoms. The zero-order chi connectivity index (χ0) is 19.4. The van der Waals surface area contributed by atoms with Crippen LogP contribution in [0.25, 0.3) is 0 Å². The van der Waals surface area contributed by atoms with E-state index in [2.05, 4.69) is 5.32 Å². The second kappa shape index (κ2) is 8.16. The van der Waals surface area contributed by atoms with Crippen LogP contribution in [-0.4, -0.2) is 42.6 Å². The molecule has 2 aromatic rings. The van der Waals surface area contributed by atoms with E-state index in [0.717, 1.165) is 15.4 Å². The van der Waals surface area contributed by atoms with Gasteiger partial charge in [-0.15, -0.1) is 0 Å². The quantitative estimate of drug-likeness (QED) is 0.817. The summed E-state index contributed by atoms with van der Waals surface area (Å²) in [5.74, 6) is -0.811. The minimum atomic E-state index is -3.79. The average Bonchev–Trinajstić information content (AvgIpc) is 2.91. The van der Waals surface area contributed by atoms with Crippen LogP contribution in [0.1, 0.15) is 16.7 Å². The molecule has 0 saturated carbocycles. The Morgan fingerprint density at radius 2 is 1.74 bits per heavy atom. The topological polar surface area (TPSA) is 69.7 Å². The summed E-state index contributed by atoms with van der Waals surface area (Å²) in [5.41, 5.74) is 2.38. The molecule has 0 aliphatic carbocycles. The summed E-state index contributed by atoms with van der Waals surface area (Å²) in [7, 11) is -3.79. The predicted octanol–water partition coefficient (Wildman–Crippen LogP) is 1.81. The smallest absolute Gasteiger partial charge is 0.282 e. The Balaban J connectivity index is 1.57. The maximum absolute atomic E-state index is 13.8. The number of benzene rings is 2. The van der Waals surface area contributed by atoms with Gasteiger partial charge in [0.05, 0.1) is 6.54 Å². The van der Waals surface area contributed by atoms with Gasteiger partial charge in [-0.25, -0.2) is 4.39 Å². The van der Waals surface area contributed by atoms with E-state index in [0.29, 0.717) is 12.1 Å². The van der Waals surface area contributed by atoms with Crippen LogP contribution >= 0.6 is 0 Å². The number of hydrogen-bond donors (Lipinski definition) is 1. The Morgan fingerprint density at radius 3 is 2.44 bits per heavy atom. The normalized spacial score (nSPS) is 17.1. The second-order valence-electron chi connectivity index (χ2n) is 6.53. The molecule has 0 atom stereocenters. The highest BCUT2D eigenvalue weighted by atomic mass is 32.2. The van der Waals surface area contributed by atoms with Crippen molar-refractivity contribution >= 4 is 16.1 Å². The highest BCUT2D eigenvalue weighted by Crippen LogP contribution is 2.20. The number of nitrogens with zero attached hydrogens (tertiary/aromatic N) is 2. The number of aryl methyl sites for hydroxylation is 1. The van der Waals surface area contributed by atoms with Gasteiger partial charge < -0.3 is 5.32 Å². The molecule has 0 bridgehead atoms. The van der Waals surface area contributed by atoms with Gasteiger partial charge in [0.1, 0.15) is 5.82 Å². The Bertz CT molecular complexity index is 916. The first-order chi connectivity index (χ1) is 12.9. The lowest BCUT2D eigenvalue weighted by atomic mass is 10.1. The van der Waals surface area contributed by atoms with E-state index < -0.39 is 16.0 Å². The minimum absolute atomic E-state index is 0.0451. The van der Waals surface area contributed by atoms with Crippen LogP contribution in [0, 0.1) is 12.7 Å². The van der Waals surface area contributed by atoms with Crippen molar-refractivity contribution < 1.29 is 17.6 Å². The number of nitrogens with one attached hydrogen (secondary N) is 1. The van der Waals surface area contributed by atoms with Crippen LogP contribution in [0.2, 0.25) is 0 Å². The van der Waals surface area contributed by atoms with Crippen molar-refractivity contribution in [2.24, 2.45) is 0 Å². The van der Waals surface area contributed by atoms with Crippen molar-refractivity contribution in [2.45, 2.75) is 20.0 Å². The summed E-state index contributed by atoms with van der Waals surface area (Å²) in [5, 5.41) is 2.73. The molecule has 144 valence electrons. The molecular formula is C19H22FN3O3S. The zero-order valence-corrected chi connectivity index (χ0v) is 15.9. The predicted molar refractivity (Wildman–Crippen MR) is 100 cm³/mol. The van der Waals surface area contributed by atoms with E-state index in [-0.39, 0.29) is 32.1 Å². The van der Waals surface area contributed by atoms with E-state index in [1.54, 1.807) is 18.2 Å². The number of carbonyl (C=O) groups is 1. The SMILES string of the molecule is Cc1ccc(CNC(=O)CN2CCN(Cc3ccccc3F)S2(=O)=O)cc1. The molecule has 1 amide bonds. The Hall–Kier alpha value is -2.29. The number of halogens is 1. The van der Waals surface area contributed by atoms with Gasteiger partial charge >= 0.3 is 0 Å². The van der Waals surface area contributed by atoms with Crippen molar-refractivity contribution in [1.82, 2.24) is 13.9 Å². The molecule has 1 saturated heterocycles. The van der Waals surface area contributed by atoms with Crippen molar-refractivity contribution in [3.05, 3.63) is 71.0 Å². The summed E-state index contributed by atoms with van der Waals surface area (Å²) in [6.45, 7) is 2.45. The van der Waals surface area contributed by atoms with E-state index >= 15 is 0 Å². The number of rotatable bonds is 6. The van der Waals surface area contributed by atoms with Crippen molar-refractivity contribution in [2.75, 3.05) is 19.6 Å². The molecule has 0 unspecified atom stereocenters. The van der Waals surface area contributed by atoms with Crippen LogP contribution in [0.4, 0.5) is 4.39 Å². The summed E-state index contributed by atoms with van der Waals surface area (Å²) in [4.78, 5) is 12.2. The molecule has 2 aromatic carbocycles. The van der Waals surface area contributed by atoms with Crippen molar-refractivity contribution in [1.29, 1.82) is 0 Å². The van der Waals surface area contributed by atoms with Crippen molar-refractivity contribution in [3.8, 4) is 0 Å². The third-order valence-electron chi connectivity index (χ3n) is 4.49. The first-order valence-electron chi connectivity index (χ1n) is 8.67. The molecule has 27 heavy (non-hydrogen) atoms. The Morgan fingerprint density at radius 1 is 1.07 bits per heavy atom. The van der Waals surface area contributed by atoms with Gasteiger partial charge in [-0.05, 0) is 18.6 Å². The molecule has 0 aromatic heterocycles. The number of hydrogen-bond acceptors (Lipinski definition) is 3.